The van der Waals surface area contributed by atoms with Crippen molar-refractivity contribution >= 4 is 33.5 Å². The van der Waals surface area contributed by atoms with Gasteiger partial charge in [0.15, 0.2) is 17.7 Å². The molecule has 0 unspecified atom stereocenters. The lowest BCUT2D eigenvalue weighted by molar-refractivity contribution is -0.123. The third kappa shape index (κ3) is 4.35. The third-order valence-corrected chi connectivity index (χ3v) is 3.65. The van der Waals surface area contributed by atoms with Gasteiger partial charge < -0.3 is 10.1 Å². The maximum atomic E-state index is 13.1. The minimum Gasteiger partial charge on any atom is -0.449 e. The fourth-order valence-electron chi connectivity index (χ4n) is 1.75. The predicted molar refractivity (Wildman–Crippen MR) is 84.0 cm³/mol. The quantitative estimate of drug-likeness (QED) is 0.786. The number of esters is 1. The Morgan fingerprint density at radius 1 is 1.08 bits per heavy atom. The van der Waals surface area contributed by atoms with Gasteiger partial charge in [-0.3, -0.25) is 4.79 Å². The van der Waals surface area contributed by atoms with Crippen LogP contribution in [0.5, 0.6) is 0 Å². The molecule has 1 amide bonds. The van der Waals surface area contributed by atoms with E-state index in [1.54, 1.807) is 0 Å². The van der Waals surface area contributed by atoms with E-state index >= 15 is 0 Å². The molecule has 24 heavy (non-hydrogen) atoms. The van der Waals surface area contributed by atoms with Crippen LogP contribution in [0.3, 0.4) is 0 Å². The second-order valence-electron chi connectivity index (χ2n) is 4.79. The number of halogens is 4. The molecule has 0 aromatic heterocycles. The summed E-state index contributed by atoms with van der Waals surface area (Å²) in [5.74, 6) is -4.27. The fourth-order valence-corrected chi connectivity index (χ4v) is 2.26. The van der Waals surface area contributed by atoms with Crippen LogP contribution < -0.4 is 5.32 Å². The molecule has 0 aliphatic rings. The zero-order valence-corrected chi connectivity index (χ0v) is 13.9. The molecule has 0 saturated heterocycles. The molecule has 0 aliphatic heterocycles. The number of nitrogens with one attached hydrogen (secondary N) is 1. The summed E-state index contributed by atoms with van der Waals surface area (Å²) in [4.78, 5) is 23.9. The van der Waals surface area contributed by atoms with E-state index in [-0.39, 0.29) is 15.7 Å². The van der Waals surface area contributed by atoms with Gasteiger partial charge in [0, 0.05) is 16.2 Å². The highest BCUT2D eigenvalue weighted by Gasteiger charge is 2.21. The lowest BCUT2D eigenvalue weighted by Crippen LogP contribution is -2.30. The fraction of sp³-hybridized carbons (Fsp3) is 0.125. The molecule has 8 heteroatoms. The number of carbonyl (C=O) groups is 2. The molecular formula is C16H11BrF3NO3. The Bertz CT molecular complexity index is 798. The molecule has 0 heterocycles. The van der Waals surface area contributed by atoms with Gasteiger partial charge in [-0.05, 0) is 53.2 Å². The number of ether oxygens (including phenoxy) is 1. The zero-order valence-electron chi connectivity index (χ0n) is 12.3. The highest BCUT2D eigenvalue weighted by atomic mass is 79.9. The van der Waals surface area contributed by atoms with Crippen molar-refractivity contribution in [2.24, 2.45) is 0 Å². The summed E-state index contributed by atoms with van der Waals surface area (Å²) in [5, 5.41) is 2.30. The molecule has 1 N–H and O–H groups in total. The number of hydrogen-bond donors (Lipinski definition) is 1. The topological polar surface area (TPSA) is 55.4 Å². The van der Waals surface area contributed by atoms with E-state index in [4.69, 9.17) is 4.74 Å². The van der Waals surface area contributed by atoms with Gasteiger partial charge in [0.2, 0.25) is 0 Å². The lowest BCUT2D eigenvalue weighted by Gasteiger charge is -2.14. The first-order valence-electron chi connectivity index (χ1n) is 6.70. The highest BCUT2D eigenvalue weighted by Crippen LogP contribution is 2.20. The van der Waals surface area contributed by atoms with Crippen LogP contribution in [0.25, 0.3) is 0 Å². The van der Waals surface area contributed by atoms with Crippen molar-refractivity contribution in [1.82, 2.24) is 0 Å². The molecule has 1 atom stereocenters. The number of benzene rings is 2. The molecule has 0 radical (unpaired) electrons. The normalized spacial score (nSPS) is 11.7. The average molecular weight is 402 g/mol. The lowest BCUT2D eigenvalue weighted by atomic mass is 10.2. The minimum absolute atomic E-state index is 0.0183. The molecule has 4 nitrogen and oxygen atoms in total. The summed E-state index contributed by atoms with van der Waals surface area (Å²) in [7, 11) is 0. The van der Waals surface area contributed by atoms with Crippen LogP contribution in [0.15, 0.2) is 40.9 Å². The summed E-state index contributed by atoms with van der Waals surface area (Å²) in [5.41, 5.74) is 0.0636. The molecule has 2 rings (SSSR count). The number of carbonyl (C=O) groups excluding carboxylic acids is 2. The Kier molecular flexibility index (Phi) is 5.61. The first kappa shape index (κ1) is 18.0. The Labute approximate surface area is 143 Å². The number of hydrogen-bond acceptors (Lipinski definition) is 3. The molecule has 0 saturated carbocycles. The molecule has 0 aliphatic carbocycles. The van der Waals surface area contributed by atoms with E-state index in [1.165, 1.54) is 19.1 Å². The van der Waals surface area contributed by atoms with Crippen LogP contribution in [0.4, 0.5) is 18.9 Å². The SMILES string of the molecule is C[C@@H](OC(=O)c1ccc(F)cc1Br)C(=O)Nc1ccc(F)c(F)c1. The van der Waals surface area contributed by atoms with Crippen LogP contribution >= 0.6 is 15.9 Å². The zero-order chi connectivity index (χ0) is 17.9. The molecule has 0 fully saturated rings. The van der Waals surface area contributed by atoms with Gasteiger partial charge in [-0.1, -0.05) is 0 Å². The van der Waals surface area contributed by atoms with Gasteiger partial charge in [-0.25, -0.2) is 18.0 Å². The van der Waals surface area contributed by atoms with Gasteiger partial charge in [-0.15, -0.1) is 0 Å². The Morgan fingerprint density at radius 2 is 1.79 bits per heavy atom. The monoisotopic (exact) mass is 401 g/mol. The summed E-state index contributed by atoms with van der Waals surface area (Å²) in [6.45, 7) is 1.31. The van der Waals surface area contributed by atoms with Gasteiger partial charge >= 0.3 is 5.97 Å². The van der Waals surface area contributed by atoms with Crippen molar-refractivity contribution in [2.75, 3.05) is 5.32 Å². The maximum absolute atomic E-state index is 13.1. The Balaban J connectivity index is 2.02. The van der Waals surface area contributed by atoms with Crippen molar-refractivity contribution in [2.45, 2.75) is 13.0 Å². The van der Waals surface area contributed by atoms with Crippen LogP contribution in [0.1, 0.15) is 17.3 Å². The van der Waals surface area contributed by atoms with E-state index in [0.29, 0.717) is 0 Å². The summed E-state index contributed by atoms with van der Waals surface area (Å²) >= 11 is 3.02. The first-order valence-corrected chi connectivity index (χ1v) is 7.49. The van der Waals surface area contributed by atoms with E-state index < -0.39 is 35.4 Å². The van der Waals surface area contributed by atoms with Gasteiger partial charge in [0.05, 0.1) is 5.56 Å². The molecular weight excluding hydrogens is 391 g/mol. The molecule has 0 spiro atoms. The maximum Gasteiger partial charge on any atom is 0.340 e. The largest absolute Gasteiger partial charge is 0.449 e. The molecule has 0 bridgehead atoms. The smallest absolute Gasteiger partial charge is 0.340 e. The van der Waals surface area contributed by atoms with Gasteiger partial charge in [-0.2, -0.15) is 0 Å². The first-order chi connectivity index (χ1) is 11.3. The number of amides is 1. The van der Waals surface area contributed by atoms with Crippen LogP contribution in [0.2, 0.25) is 0 Å². The molecule has 2 aromatic rings. The Hall–Kier alpha value is -2.35. The van der Waals surface area contributed by atoms with Crippen molar-refractivity contribution < 1.29 is 27.5 Å². The standard InChI is InChI=1S/C16H11BrF3NO3/c1-8(15(22)21-10-3-5-13(19)14(20)7-10)24-16(23)11-4-2-9(18)6-12(11)17/h2-8H,1H3,(H,21,22)/t8-/m1/s1. The van der Waals surface area contributed by atoms with Crippen molar-refractivity contribution in [3.05, 3.63) is 63.9 Å². The average Bonchev–Trinajstić information content (AvgIpc) is 2.50. The number of anilines is 1. The third-order valence-electron chi connectivity index (χ3n) is 2.99. The van der Waals surface area contributed by atoms with Crippen molar-refractivity contribution in [3.63, 3.8) is 0 Å². The van der Waals surface area contributed by atoms with Crippen molar-refractivity contribution in [1.29, 1.82) is 0 Å². The Morgan fingerprint density at radius 3 is 2.42 bits per heavy atom. The highest BCUT2D eigenvalue weighted by molar-refractivity contribution is 9.10. The second-order valence-corrected chi connectivity index (χ2v) is 5.64. The molecule has 2 aromatic carbocycles. The van der Waals surface area contributed by atoms with E-state index in [1.807, 2.05) is 0 Å². The molecule has 126 valence electrons. The van der Waals surface area contributed by atoms with Crippen LogP contribution in [-0.2, 0) is 9.53 Å². The van der Waals surface area contributed by atoms with Crippen molar-refractivity contribution in [3.8, 4) is 0 Å². The van der Waals surface area contributed by atoms with Gasteiger partial charge in [0.1, 0.15) is 5.82 Å². The summed E-state index contributed by atoms with van der Waals surface area (Å²) < 4.78 is 44.1. The van der Waals surface area contributed by atoms with Crippen LogP contribution in [-0.4, -0.2) is 18.0 Å². The number of rotatable bonds is 4. The predicted octanol–water partition coefficient (Wildman–Crippen LogP) is 4.05. The van der Waals surface area contributed by atoms with E-state index in [2.05, 4.69) is 21.2 Å². The van der Waals surface area contributed by atoms with E-state index in [9.17, 15) is 22.8 Å². The second kappa shape index (κ2) is 7.48. The minimum atomic E-state index is -1.21. The van der Waals surface area contributed by atoms with Gasteiger partial charge in [0.25, 0.3) is 5.91 Å². The van der Waals surface area contributed by atoms with E-state index in [0.717, 1.165) is 24.3 Å². The summed E-state index contributed by atoms with van der Waals surface area (Å²) in [6, 6.07) is 6.20. The summed E-state index contributed by atoms with van der Waals surface area (Å²) in [6.07, 6.45) is -1.21. The van der Waals surface area contributed by atoms with Crippen LogP contribution in [0, 0.1) is 17.5 Å².